The van der Waals surface area contributed by atoms with Crippen LogP contribution in [0.2, 0.25) is 42.8 Å². The Kier molecular flexibility index (Phi) is 161. The molecule has 4 nitrogen and oxygen atoms in total. The number of Topliss-reactive ketones (excluding diaryl/α,β-unsaturated/α-hetero) is 3. The van der Waals surface area contributed by atoms with Gasteiger partial charge in [0.15, 0.2) is 5.70 Å². The van der Waals surface area contributed by atoms with E-state index in [4.69, 9.17) is 4.43 Å². The van der Waals surface area contributed by atoms with Crippen molar-refractivity contribution < 1.29 is 70.1 Å². The van der Waals surface area contributed by atoms with E-state index in [1.54, 1.807) is 36.2 Å². The van der Waals surface area contributed by atoms with Gasteiger partial charge in [-0.3, -0.25) is 4.79 Å². The van der Waals surface area contributed by atoms with E-state index < -0.39 is 16.4 Å². The summed E-state index contributed by atoms with van der Waals surface area (Å²) in [4.78, 5) is 30.9. The Morgan fingerprint density at radius 2 is 0.971 bits per heavy atom. The van der Waals surface area contributed by atoms with E-state index >= 15 is 0 Å². The van der Waals surface area contributed by atoms with E-state index in [2.05, 4.69) is 225 Å². The molecule has 1 aliphatic rings. The smallest absolute Gasteiger partial charge is 0.355 e. The molecule has 0 N–H and O–H groups in total. The van der Waals surface area contributed by atoms with Crippen LogP contribution in [0.15, 0.2) is 50.3 Å². The average Bonchev–Trinajstić information content (AvgIpc) is 3.22. The number of carbonyl (C=O) groups excluding carboxylic acids is 3. The number of hydrogen-bond donors (Lipinski definition) is 0. The summed E-state index contributed by atoms with van der Waals surface area (Å²) >= 11 is 12.9. The number of allylic oxidation sites excluding steroid dienone is 4. The van der Waals surface area contributed by atoms with Crippen LogP contribution in [-0.4, -0.2) is 51.1 Å². The molecule has 0 spiro atoms. The van der Waals surface area contributed by atoms with Crippen molar-refractivity contribution in [1.29, 1.82) is 0 Å². The van der Waals surface area contributed by atoms with Gasteiger partial charge in [-0.1, -0.05) is 156 Å². The molecule has 0 bridgehead atoms. The van der Waals surface area contributed by atoms with Crippen LogP contribution >= 0.6 is 134 Å². The minimum Gasteiger partial charge on any atom is -0.547 e. The van der Waals surface area contributed by atoms with Crippen molar-refractivity contribution in [2.75, 3.05) is 0 Å². The quantitative estimate of drug-likeness (QED) is 0.0434. The molecule has 0 aromatic carbocycles. The second-order valence-electron chi connectivity index (χ2n) is 16.8. The van der Waals surface area contributed by atoms with Gasteiger partial charge in [0.25, 0.3) is 2.99 Å². The van der Waals surface area contributed by atoms with Gasteiger partial charge >= 0.3 is 0.282 Å². The second kappa shape index (κ2) is 95.7. The first kappa shape index (κ1) is 118. The minimum atomic E-state index is -1.66. The molecule has 1 rings (SSSR count). The zero-order chi connectivity index (χ0) is 56.0. The average molecular weight is 1800 g/mol. The van der Waals surface area contributed by atoms with Gasteiger partial charge in [-0.25, -0.2) is 19.6 Å². The standard InChI is InChI=1S/C14H28OSi.C8H14O.C7H18Si.C6H10O.C5H10O.C3H5.4C2H6.CH4.BI3.BI2.BI.B.V.Y/c1-8-9-10-11-12-13(2)15-16(6,7)14(3,4)5;1-3-4-5-6-7-8(2)9;1-7(2,3)8(4,5)6;7-6-4-2-1-3-5-6;1-3-4-5(2)6;1-3-2;4*1-2;;2-1(3)4;2-1-3;1-2;;;/h8H,1-2,9-12H2,3-7H3;3H,1,4-7H2,2H3;1-6H3;1-5H2;3-4H2,1-2H3;3H,1-2H2;4*1-2H3;1H4;;;;;;/q;;;;;-1;;;;;;;;;;;. The zero-order valence-corrected chi connectivity index (χ0v) is 68.3. The summed E-state index contributed by atoms with van der Waals surface area (Å²) < 4.78 is 8.78. The Bertz CT molecular complexity index is 985. The molecule has 0 heterocycles. The van der Waals surface area contributed by atoms with Crippen molar-refractivity contribution in [2.45, 2.75) is 264 Å². The van der Waals surface area contributed by atoms with E-state index in [-0.39, 0.29) is 77.9 Å². The molecule has 1 fully saturated rings. The van der Waals surface area contributed by atoms with Gasteiger partial charge in [-0.15, -0.1) is 125 Å². The number of carbonyl (C=O) groups is 3. The van der Waals surface area contributed by atoms with Gasteiger partial charge in [0.05, 0.1) is 5.76 Å². The maximum atomic E-state index is 10.5. The summed E-state index contributed by atoms with van der Waals surface area (Å²) in [5, 5.41) is 0.837. The minimum absolute atomic E-state index is 0. The van der Waals surface area contributed by atoms with Crippen LogP contribution in [0, 0.1) is 6.92 Å². The van der Waals surface area contributed by atoms with Crippen molar-refractivity contribution in [1.82, 2.24) is 0 Å². The Labute approximate surface area is 568 Å². The summed E-state index contributed by atoms with van der Waals surface area (Å²) in [7, 11) is -2.51. The first-order chi connectivity index (χ1) is 30.4. The third-order valence-corrected chi connectivity index (χ3v) is 17.7. The molecule has 0 aromatic rings. The molecular formula is C52H113B4I6O4Si2VY-. The predicted molar refractivity (Wildman–Crippen MR) is 387 cm³/mol. The van der Waals surface area contributed by atoms with E-state index in [1.807, 2.05) is 77.5 Å². The molecule has 0 aromatic heterocycles. The summed E-state index contributed by atoms with van der Waals surface area (Å²) in [5.41, 5.74) is 4.47. The Morgan fingerprint density at radius 1 is 0.714 bits per heavy atom. The Balaban J connectivity index is -0.0000000343. The maximum Gasteiger partial charge on any atom is 0.355 e. The number of ketones is 3. The van der Waals surface area contributed by atoms with E-state index in [0.717, 1.165) is 89.5 Å². The SMILES string of the molecule is C.C=CCCCCC(=C)O[Si](C)(C)C(C)(C)C.C=CCCCCC(C)=O.C=C[CH2-].CC.CC.CC.CC.CC(C)(C)[Si](C)(C)C.CCCC(C)=O.IB(I)I.I[B]I.O=C1CCCCC1.[B].[B]I.[V].[Y]. The molecule has 416 valence electrons. The summed E-state index contributed by atoms with van der Waals surface area (Å²) in [6, 6.07) is 0. The normalized spacial score (nSPS) is 9.74. The monoisotopic (exact) mass is 1800 g/mol. The van der Waals surface area contributed by atoms with Crippen molar-refractivity contribution >= 4 is 185 Å². The fourth-order valence-corrected chi connectivity index (χ4v) is 4.27. The number of hydrogen-bond acceptors (Lipinski definition) is 4. The fraction of sp³-hybridized carbons (Fsp3) is 0.769. The van der Waals surface area contributed by atoms with Crippen molar-refractivity contribution in [3.63, 3.8) is 0 Å². The number of unbranched alkanes of at least 4 members (excludes halogenated alkanes) is 4. The van der Waals surface area contributed by atoms with Gasteiger partial charge in [0.1, 0.15) is 17.3 Å². The van der Waals surface area contributed by atoms with Crippen LogP contribution in [0.1, 0.15) is 221 Å². The third kappa shape index (κ3) is 145. The summed E-state index contributed by atoms with van der Waals surface area (Å²) in [6.07, 6.45) is 20.6. The topological polar surface area (TPSA) is 60.4 Å². The van der Waals surface area contributed by atoms with Crippen LogP contribution in [0.3, 0.4) is 0 Å². The van der Waals surface area contributed by atoms with E-state index in [1.165, 1.54) is 18.9 Å². The predicted octanol–water partition coefficient (Wildman–Crippen LogP) is 23.1. The van der Waals surface area contributed by atoms with Crippen molar-refractivity contribution in [2.24, 2.45) is 0 Å². The molecule has 0 aliphatic heterocycles. The number of rotatable bonds is 14. The molecular weight excluding hydrogens is 1690 g/mol. The maximum absolute atomic E-state index is 10.5. The molecule has 8 radical (unpaired) electrons. The van der Waals surface area contributed by atoms with E-state index in [0.29, 0.717) is 16.6 Å². The molecule has 0 saturated heterocycles. The van der Waals surface area contributed by atoms with Crippen LogP contribution in [-0.2, 0) is 70.1 Å². The molecule has 1 saturated carbocycles. The van der Waals surface area contributed by atoms with E-state index in [9.17, 15) is 14.4 Å². The van der Waals surface area contributed by atoms with Gasteiger partial charge in [0, 0.05) is 99.9 Å². The Hall–Kier alpha value is 4.40. The molecule has 0 unspecified atom stereocenters. The van der Waals surface area contributed by atoms with Gasteiger partial charge in [-0.05, 0) is 94.8 Å². The summed E-state index contributed by atoms with van der Waals surface area (Å²) in [5.74, 6) is 2.01. The second-order valence-corrected chi connectivity index (χ2v) is 42.1. The van der Waals surface area contributed by atoms with Crippen LogP contribution in [0.4, 0.5) is 0 Å². The molecule has 18 heteroatoms. The zero-order valence-electron chi connectivity index (χ0n) is 49.1. The van der Waals surface area contributed by atoms with Crippen LogP contribution in [0.5, 0.6) is 0 Å². The largest absolute Gasteiger partial charge is 0.547 e. The Morgan fingerprint density at radius 3 is 1.13 bits per heavy atom. The summed E-state index contributed by atoms with van der Waals surface area (Å²) in [6.45, 7) is 64.6. The first-order valence-electron chi connectivity index (χ1n) is 24.1. The van der Waals surface area contributed by atoms with Gasteiger partial charge in [0.2, 0.25) is 8.32 Å². The van der Waals surface area contributed by atoms with Gasteiger partial charge in [-0.2, -0.15) is 22.4 Å². The van der Waals surface area contributed by atoms with Gasteiger partial charge < -0.3 is 14.0 Å². The molecule has 0 atom stereocenters. The van der Waals surface area contributed by atoms with Crippen LogP contribution in [0.25, 0.3) is 0 Å². The molecule has 1 aliphatic carbocycles. The molecule has 70 heavy (non-hydrogen) atoms. The number of halogens is 6. The fourth-order valence-electron chi connectivity index (χ4n) is 3.14. The first-order valence-corrected chi connectivity index (χ1v) is 38.0. The molecule has 0 amide bonds. The van der Waals surface area contributed by atoms with Crippen molar-refractivity contribution in [3.05, 3.63) is 57.2 Å². The van der Waals surface area contributed by atoms with Crippen molar-refractivity contribution in [3.8, 4) is 0 Å². The third-order valence-electron chi connectivity index (χ3n) is 8.77. The van der Waals surface area contributed by atoms with Crippen LogP contribution < -0.4 is 0 Å².